The Bertz CT molecular complexity index is 1130. The molecule has 0 spiro atoms. The molecule has 30 heavy (non-hydrogen) atoms. The van der Waals surface area contributed by atoms with Crippen molar-refractivity contribution in [2.24, 2.45) is 0 Å². The summed E-state index contributed by atoms with van der Waals surface area (Å²) in [6.45, 7) is 0. The highest BCUT2D eigenvalue weighted by Gasteiger charge is 2.26. The van der Waals surface area contributed by atoms with Gasteiger partial charge in [0.05, 0.1) is 7.11 Å². The summed E-state index contributed by atoms with van der Waals surface area (Å²) in [5, 5.41) is 1.74. The molecule has 0 aliphatic carbocycles. The summed E-state index contributed by atoms with van der Waals surface area (Å²) < 4.78 is 38.1. The monoisotopic (exact) mass is 430 g/mol. The van der Waals surface area contributed by atoms with Crippen molar-refractivity contribution < 1.29 is 22.7 Å². The number of nitrogens with zero attached hydrogens (tertiary/aromatic N) is 3. The molecule has 2 heterocycles. The average Bonchev–Trinajstić information content (AvgIpc) is 2.74. The molecule has 0 aliphatic rings. The van der Waals surface area contributed by atoms with Crippen molar-refractivity contribution in [3.05, 3.63) is 60.6 Å². The third-order valence-electron chi connectivity index (χ3n) is 4.36. The fourth-order valence-electron chi connectivity index (χ4n) is 2.71. The second-order valence-corrected chi connectivity index (χ2v) is 8.56. The Kier molecular flexibility index (Phi) is 6.60. The van der Waals surface area contributed by atoms with E-state index in [1.165, 1.54) is 21.2 Å². The quantitative estimate of drug-likeness (QED) is 0.544. The van der Waals surface area contributed by atoms with Gasteiger partial charge in [-0.3, -0.25) is 9.78 Å². The van der Waals surface area contributed by atoms with Crippen molar-refractivity contribution in [2.45, 2.75) is 12.5 Å². The van der Waals surface area contributed by atoms with Crippen LogP contribution in [-0.4, -0.2) is 55.9 Å². The van der Waals surface area contributed by atoms with E-state index in [0.717, 1.165) is 20.6 Å². The predicted molar refractivity (Wildman–Crippen MR) is 111 cm³/mol. The van der Waals surface area contributed by atoms with E-state index in [-0.39, 0.29) is 6.42 Å². The van der Waals surface area contributed by atoms with Crippen LogP contribution in [0.15, 0.2) is 55.0 Å². The maximum Gasteiger partial charge on any atom is 0.324 e. The minimum Gasteiger partial charge on any atom is -0.468 e. The summed E-state index contributed by atoms with van der Waals surface area (Å²) in [7, 11) is 0.164. The van der Waals surface area contributed by atoms with Crippen LogP contribution in [0.4, 0.5) is 0 Å². The summed E-state index contributed by atoms with van der Waals surface area (Å²) in [5.74, 6) is 0.335. The summed E-state index contributed by atoms with van der Waals surface area (Å²) in [6.07, 6.45) is 5.17. The number of carbonyl (C=O) groups excluding carboxylic acids is 1. The first kappa shape index (κ1) is 21.6. The Morgan fingerprint density at radius 3 is 2.53 bits per heavy atom. The highest BCUT2D eigenvalue weighted by molar-refractivity contribution is 7.87. The summed E-state index contributed by atoms with van der Waals surface area (Å²) in [5.41, 5.74) is 0.731. The van der Waals surface area contributed by atoms with E-state index in [0.29, 0.717) is 11.6 Å². The lowest BCUT2D eigenvalue weighted by Gasteiger charge is -2.19. The molecule has 0 fully saturated rings. The van der Waals surface area contributed by atoms with Crippen molar-refractivity contribution in [1.82, 2.24) is 19.0 Å². The van der Waals surface area contributed by atoms with Crippen LogP contribution in [0, 0.1) is 0 Å². The van der Waals surface area contributed by atoms with E-state index in [1.807, 2.05) is 12.1 Å². The van der Waals surface area contributed by atoms with Gasteiger partial charge in [0, 0.05) is 43.5 Å². The average molecular weight is 430 g/mol. The minimum atomic E-state index is -3.80. The molecule has 0 unspecified atom stereocenters. The Morgan fingerprint density at radius 2 is 1.87 bits per heavy atom. The van der Waals surface area contributed by atoms with Crippen LogP contribution in [-0.2, 0) is 26.2 Å². The maximum absolute atomic E-state index is 12.1. The number of ether oxygens (including phenoxy) is 2. The van der Waals surface area contributed by atoms with Crippen molar-refractivity contribution in [3.63, 3.8) is 0 Å². The van der Waals surface area contributed by atoms with Crippen molar-refractivity contribution >= 4 is 27.0 Å². The van der Waals surface area contributed by atoms with E-state index < -0.39 is 22.2 Å². The van der Waals surface area contributed by atoms with E-state index in [4.69, 9.17) is 9.47 Å². The van der Waals surface area contributed by atoms with Gasteiger partial charge in [0.1, 0.15) is 11.8 Å². The molecular formula is C20H22N4O5S. The zero-order valence-corrected chi connectivity index (χ0v) is 17.6. The van der Waals surface area contributed by atoms with E-state index in [1.54, 1.807) is 42.9 Å². The second kappa shape index (κ2) is 9.16. The Morgan fingerprint density at radius 1 is 1.13 bits per heavy atom. The number of rotatable bonds is 8. The number of hydrogen-bond acceptors (Lipinski definition) is 7. The third kappa shape index (κ3) is 5.09. The predicted octanol–water partition coefficient (Wildman–Crippen LogP) is 1.90. The molecule has 2 aromatic heterocycles. The maximum atomic E-state index is 12.1. The smallest absolute Gasteiger partial charge is 0.324 e. The number of nitrogens with one attached hydrogen (secondary N) is 1. The summed E-state index contributed by atoms with van der Waals surface area (Å²) in [4.78, 5) is 20.4. The number of fused-ring (bicyclic) bond motifs is 1. The number of benzene rings is 1. The standard InChI is InChI=1S/C20H22N4O5S/c1-24(2)30(26,27)23-18(20(25)28-3)12-14-4-6-16(7-5-14)29-19-17-9-10-21-13-15(17)8-11-22-19/h4-11,13,18,23H,12H2,1-3H3/t18-/m0/s1. The molecule has 0 bridgehead atoms. The van der Waals surface area contributed by atoms with E-state index in [2.05, 4.69) is 14.7 Å². The van der Waals surface area contributed by atoms with Gasteiger partial charge in [-0.2, -0.15) is 17.4 Å². The van der Waals surface area contributed by atoms with Gasteiger partial charge < -0.3 is 9.47 Å². The van der Waals surface area contributed by atoms with Crippen molar-refractivity contribution in [1.29, 1.82) is 0 Å². The molecule has 3 rings (SSSR count). The number of aromatic nitrogens is 2. The van der Waals surface area contributed by atoms with E-state index >= 15 is 0 Å². The van der Waals surface area contributed by atoms with Gasteiger partial charge >= 0.3 is 5.97 Å². The van der Waals surface area contributed by atoms with Gasteiger partial charge in [-0.1, -0.05) is 12.1 Å². The molecule has 1 N–H and O–H groups in total. The first-order chi connectivity index (χ1) is 14.3. The molecule has 0 amide bonds. The highest BCUT2D eigenvalue weighted by Crippen LogP contribution is 2.27. The molecule has 0 saturated carbocycles. The van der Waals surface area contributed by atoms with Gasteiger partial charge in [-0.15, -0.1) is 0 Å². The Balaban J connectivity index is 1.76. The Hall–Kier alpha value is -3.08. The fraction of sp³-hybridized carbons (Fsp3) is 0.250. The van der Waals surface area contributed by atoms with Crippen molar-refractivity contribution in [2.75, 3.05) is 21.2 Å². The number of methoxy groups -OCH3 is 1. The molecule has 1 atom stereocenters. The molecule has 0 saturated heterocycles. The van der Waals surface area contributed by atoms with Crippen LogP contribution in [0.1, 0.15) is 5.56 Å². The summed E-state index contributed by atoms with van der Waals surface area (Å²) in [6, 6.07) is 9.58. The lowest BCUT2D eigenvalue weighted by Crippen LogP contribution is -2.47. The molecule has 10 heteroatoms. The number of pyridine rings is 2. The van der Waals surface area contributed by atoms with Crippen LogP contribution in [0.2, 0.25) is 0 Å². The Labute approximate surface area is 174 Å². The van der Waals surface area contributed by atoms with Crippen LogP contribution < -0.4 is 9.46 Å². The van der Waals surface area contributed by atoms with E-state index in [9.17, 15) is 13.2 Å². The third-order valence-corrected chi connectivity index (χ3v) is 5.91. The van der Waals surface area contributed by atoms with Gasteiger partial charge in [0.25, 0.3) is 10.2 Å². The molecule has 0 radical (unpaired) electrons. The van der Waals surface area contributed by atoms with Gasteiger partial charge in [-0.25, -0.2) is 4.98 Å². The molecule has 1 aromatic carbocycles. The summed E-state index contributed by atoms with van der Waals surface area (Å²) >= 11 is 0. The number of carbonyl (C=O) groups is 1. The zero-order chi connectivity index (χ0) is 21.7. The van der Waals surface area contributed by atoms with Gasteiger partial charge in [-0.05, 0) is 36.2 Å². The lowest BCUT2D eigenvalue weighted by molar-refractivity contribution is -0.142. The SMILES string of the molecule is COC(=O)[C@H](Cc1ccc(Oc2nccc3cnccc23)cc1)NS(=O)(=O)N(C)C. The van der Waals surface area contributed by atoms with Gasteiger partial charge in [0.2, 0.25) is 5.88 Å². The number of esters is 1. The van der Waals surface area contributed by atoms with Crippen LogP contribution in [0.25, 0.3) is 10.8 Å². The first-order valence-electron chi connectivity index (χ1n) is 9.03. The van der Waals surface area contributed by atoms with Crippen LogP contribution in [0.5, 0.6) is 11.6 Å². The van der Waals surface area contributed by atoms with Gasteiger partial charge in [0.15, 0.2) is 0 Å². The normalized spacial score (nSPS) is 12.7. The number of hydrogen-bond donors (Lipinski definition) is 1. The lowest BCUT2D eigenvalue weighted by atomic mass is 10.1. The second-order valence-electron chi connectivity index (χ2n) is 6.64. The highest BCUT2D eigenvalue weighted by atomic mass is 32.2. The largest absolute Gasteiger partial charge is 0.468 e. The first-order valence-corrected chi connectivity index (χ1v) is 10.5. The van der Waals surface area contributed by atoms with Crippen molar-refractivity contribution in [3.8, 4) is 11.6 Å². The van der Waals surface area contributed by atoms with Crippen LogP contribution >= 0.6 is 0 Å². The zero-order valence-electron chi connectivity index (χ0n) is 16.8. The van der Waals surface area contributed by atoms with Crippen LogP contribution in [0.3, 0.4) is 0 Å². The fourth-order valence-corrected chi connectivity index (χ4v) is 3.46. The topological polar surface area (TPSA) is 111 Å². The molecular weight excluding hydrogens is 408 g/mol. The molecule has 158 valence electrons. The minimum absolute atomic E-state index is 0.123. The molecule has 3 aromatic rings. The molecule has 9 nitrogen and oxygen atoms in total. The molecule has 0 aliphatic heterocycles.